The van der Waals surface area contributed by atoms with Crippen LogP contribution in [0.25, 0.3) is 0 Å². The van der Waals surface area contributed by atoms with Gasteiger partial charge in [-0.15, -0.1) is 0 Å². The zero-order valence-electron chi connectivity index (χ0n) is 28.4. The Balaban J connectivity index is 1.03. The molecule has 4 heteroatoms. The van der Waals surface area contributed by atoms with E-state index < -0.39 is 0 Å². The van der Waals surface area contributed by atoms with Crippen molar-refractivity contribution in [3.8, 4) is 0 Å². The number of para-hydroxylation sites is 4. The average molecular weight is 633 g/mol. The highest BCUT2D eigenvalue weighted by molar-refractivity contribution is 5.96. The van der Waals surface area contributed by atoms with Gasteiger partial charge in [-0.1, -0.05) is 100 Å². The fraction of sp³-hybridized carbons (Fsp3) is 0.409. The van der Waals surface area contributed by atoms with E-state index in [4.69, 9.17) is 0 Å². The molecule has 4 aromatic rings. The van der Waals surface area contributed by atoms with Gasteiger partial charge in [-0.25, -0.2) is 0 Å². The molecular formula is C44H44N2O2. The van der Waals surface area contributed by atoms with E-state index in [-0.39, 0.29) is 58.4 Å². The van der Waals surface area contributed by atoms with E-state index in [1.54, 1.807) is 0 Å². The molecule has 6 aliphatic rings. The van der Waals surface area contributed by atoms with Crippen LogP contribution in [0.2, 0.25) is 0 Å². The van der Waals surface area contributed by atoms with Crippen LogP contribution in [0.3, 0.4) is 0 Å². The number of anilines is 4. The van der Waals surface area contributed by atoms with Crippen molar-refractivity contribution in [3.63, 3.8) is 0 Å². The third kappa shape index (κ3) is 3.56. The second kappa shape index (κ2) is 9.71. The minimum atomic E-state index is -0.120. The number of nitrogens with zero attached hydrogens (tertiary/aromatic N) is 2. The lowest BCUT2D eigenvalue weighted by Gasteiger charge is -2.48. The number of fused-ring (bicyclic) bond motifs is 4. The molecular weight excluding hydrogens is 588 g/mol. The summed E-state index contributed by atoms with van der Waals surface area (Å²) >= 11 is 0. The summed E-state index contributed by atoms with van der Waals surface area (Å²) in [5.74, 6) is 1.17. The number of Topliss-reactive ketones (excluding diaryl/α,β-unsaturated/α-hetero) is 2. The predicted octanol–water partition coefficient (Wildman–Crippen LogP) is 9.13. The van der Waals surface area contributed by atoms with Crippen molar-refractivity contribution in [3.05, 3.63) is 119 Å². The second-order valence-corrected chi connectivity index (χ2v) is 16.7. The lowest BCUT2D eigenvalue weighted by atomic mass is 9.69. The van der Waals surface area contributed by atoms with Gasteiger partial charge in [0.25, 0.3) is 0 Å². The van der Waals surface area contributed by atoms with Crippen LogP contribution in [0.1, 0.15) is 75.6 Å². The molecule has 4 saturated carbocycles. The van der Waals surface area contributed by atoms with Gasteiger partial charge in [-0.05, 0) is 84.0 Å². The van der Waals surface area contributed by atoms with E-state index in [1.165, 1.54) is 45.0 Å². The first-order valence-corrected chi connectivity index (χ1v) is 18.2. The van der Waals surface area contributed by atoms with Gasteiger partial charge < -0.3 is 9.80 Å². The molecule has 4 aromatic carbocycles. The first kappa shape index (κ1) is 28.8. The van der Waals surface area contributed by atoms with Gasteiger partial charge in [-0.2, -0.15) is 0 Å². The maximum Gasteiger partial charge on any atom is 0.139 e. The number of benzene rings is 4. The van der Waals surface area contributed by atoms with Crippen molar-refractivity contribution in [1.82, 2.24) is 0 Å². The monoisotopic (exact) mass is 632 g/mol. The zero-order valence-corrected chi connectivity index (χ0v) is 28.4. The summed E-state index contributed by atoms with van der Waals surface area (Å²) in [6, 6.07) is 35.5. The first-order chi connectivity index (χ1) is 23.2. The lowest BCUT2D eigenvalue weighted by Crippen LogP contribution is -2.48. The van der Waals surface area contributed by atoms with Crippen molar-refractivity contribution >= 4 is 34.3 Å². The van der Waals surface area contributed by atoms with E-state index in [0.717, 1.165) is 25.7 Å². The molecule has 48 heavy (non-hydrogen) atoms. The molecule has 0 aromatic heterocycles. The van der Waals surface area contributed by atoms with Crippen LogP contribution in [-0.2, 0) is 20.4 Å². The first-order valence-electron chi connectivity index (χ1n) is 18.2. The highest BCUT2D eigenvalue weighted by Crippen LogP contribution is 2.64. The van der Waals surface area contributed by atoms with Crippen molar-refractivity contribution in [1.29, 1.82) is 0 Å². The Hall–Kier alpha value is -4.18. The second-order valence-electron chi connectivity index (χ2n) is 16.7. The molecule has 2 heterocycles. The molecule has 0 amide bonds. The summed E-state index contributed by atoms with van der Waals surface area (Å²) < 4.78 is 0. The van der Waals surface area contributed by atoms with Gasteiger partial charge >= 0.3 is 0 Å². The van der Waals surface area contributed by atoms with Gasteiger partial charge in [0.15, 0.2) is 0 Å². The summed E-state index contributed by atoms with van der Waals surface area (Å²) in [5.41, 5.74) is 10.0. The molecule has 242 valence electrons. The Morgan fingerprint density at radius 1 is 0.438 bits per heavy atom. The molecule has 0 saturated heterocycles. The average Bonchev–Trinajstić information content (AvgIpc) is 3.55. The SMILES string of the molecule is CC1(C)c2ccccc2N(C2CC3C(=O)C4CC(N5c6ccccc6C(C)(C)c6ccccc65)CC5C(=O)C(C2)C3C45)c2ccccc21. The number of carbonyl (C=O) groups is 2. The van der Waals surface area contributed by atoms with Crippen LogP contribution in [0, 0.1) is 35.5 Å². The Kier molecular flexibility index (Phi) is 5.83. The van der Waals surface area contributed by atoms with Gasteiger partial charge in [0.2, 0.25) is 0 Å². The lowest BCUT2D eigenvalue weighted by molar-refractivity contribution is -0.132. The van der Waals surface area contributed by atoms with Crippen LogP contribution in [-0.4, -0.2) is 23.7 Å². The van der Waals surface area contributed by atoms with Crippen molar-refractivity contribution in [2.24, 2.45) is 35.5 Å². The summed E-state index contributed by atoms with van der Waals surface area (Å²) in [7, 11) is 0. The molecule has 4 aliphatic carbocycles. The minimum Gasteiger partial charge on any atom is -0.338 e. The molecule has 4 atom stereocenters. The fourth-order valence-corrected chi connectivity index (χ4v) is 12.0. The largest absolute Gasteiger partial charge is 0.338 e. The number of hydrogen-bond acceptors (Lipinski definition) is 4. The van der Waals surface area contributed by atoms with Crippen LogP contribution in [0.5, 0.6) is 0 Å². The molecule has 0 spiro atoms. The zero-order chi connectivity index (χ0) is 32.7. The van der Waals surface area contributed by atoms with Crippen molar-refractivity contribution in [2.45, 2.75) is 76.3 Å². The number of ketones is 2. The number of rotatable bonds is 2. The predicted molar refractivity (Wildman–Crippen MR) is 191 cm³/mol. The Morgan fingerprint density at radius 2 is 0.688 bits per heavy atom. The van der Waals surface area contributed by atoms with E-state index in [0.29, 0.717) is 11.6 Å². The third-order valence-corrected chi connectivity index (χ3v) is 13.9. The summed E-state index contributed by atoms with van der Waals surface area (Å²) in [6.07, 6.45) is 3.35. The summed E-state index contributed by atoms with van der Waals surface area (Å²) in [5, 5.41) is 0. The van der Waals surface area contributed by atoms with E-state index in [2.05, 4.69) is 135 Å². The number of carbonyl (C=O) groups excluding carboxylic acids is 2. The molecule has 2 aliphatic heterocycles. The van der Waals surface area contributed by atoms with Crippen LogP contribution >= 0.6 is 0 Å². The molecule has 4 fully saturated rings. The molecule has 10 rings (SSSR count). The minimum absolute atomic E-state index is 0.0365. The van der Waals surface area contributed by atoms with Gasteiger partial charge in [0.1, 0.15) is 11.6 Å². The van der Waals surface area contributed by atoms with Crippen molar-refractivity contribution < 1.29 is 9.59 Å². The standard InChI is InChI=1S/C44H44N2O2/c1-43(2)31-13-5-9-17-35(31)45(36-18-10-6-14-32(36)43)25-21-27-39-28(22-25)42(48)30-24-26(23-29(40(30)39)41(27)47)46-37-19-11-7-15-33(37)44(3,4)34-16-8-12-20-38(34)46/h5-20,25-30,39-40H,21-24H2,1-4H3. The van der Waals surface area contributed by atoms with E-state index >= 15 is 0 Å². The normalized spacial score (nSPS) is 33.0. The van der Waals surface area contributed by atoms with Crippen LogP contribution < -0.4 is 9.80 Å². The van der Waals surface area contributed by atoms with Crippen molar-refractivity contribution in [2.75, 3.05) is 9.80 Å². The molecule has 0 bridgehead atoms. The Morgan fingerprint density at radius 3 is 0.958 bits per heavy atom. The number of hydrogen-bond donors (Lipinski definition) is 0. The maximum absolute atomic E-state index is 14.7. The van der Waals surface area contributed by atoms with Gasteiger partial charge in [0, 0.05) is 69.3 Å². The van der Waals surface area contributed by atoms with Gasteiger partial charge in [0.05, 0.1) is 0 Å². The molecule has 0 N–H and O–H groups in total. The maximum atomic E-state index is 14.7. The third-order valence-electron chi connectivity index (χ3n) is 13.9. The summed E-state index contributed by atoms with van der Waals surface area (Å²) in [4.78, 5) is 34.5. The topological polar surface area (TPSA) is 40.6 Å². The Labute approximate surface area is 284 Å². The highest BCUT2D eigenvalue weighted by atomic mass is 16.1. The summed E-state index contributed by atoms with van der Waals surface area (Å²) in [6.45, 7) is 9.29. The molecule has 0 radical (unpaired) electrons. The van der Waals surface area contributed by atoms with Crippen LogP contribution in [0.15, 0.2) is 97.1 Å². The van der Waals surface area contributed by atoms with Crippen LogP contribution in [0.4, 0.5) is 22.7 Å². The molecule has 4 nitrogen and oxygen atoms in total. The van der Waals surface area contributed by atoms with Gasteiger partial charge in [-0.3, -0.25) is 9.59 Å². The van der Waals surface area contributed by atoms with E-state index in [1.807, 2.05) is 0 Å². The Bertz CT molecular complexity index is 1750. The molecule has 4 unspecified atom stereocenters. The smallest absolute Gasteiger partial charge is 0.139 e. The van der Waals surface area contributed by atoms with E-state index in [9.17, 15) is 9.59 Å². The highest BCUT2D eigenvalue weighted by Gasteiger charge is 2.67. The quantitative estimate of drug-likeness (QED) is 0.221. The fourth-order valence-electron chi connectivity index (χ4n) is 12.0.